The van der Waals surface area contributed by atoms with E-state index in [1.807, 2.05) is 0 Å². The highest BCUT2D eigenvalue weighted by atomic mass is 79.9. The SMILES string of the molecule is CCCCCCCCCCCC[N+](C)(C)CCC[N+](C)(C)CCCCCCCCCCCC.[Br-].[Br-]. The van der Waals surface area contributed by atoms with E-state index in [0.717, 1.165) is 0 Å². The van der Waals surface area contributed by atoms with Crippen molar-refractivity contribution >= 4 is 0 Å². The van der Waals surface area contributed by atoms with Crippen LogP contribution in [0.15, 0.2) is 0 Å². The van der Waals surface area contributed by atoms with Crippen molar-refractivity contribution in [1.82, 2.24) is 0 Å². The van der Waals surface area contributed by atoms with Crippen LogP contribution in [-0.4, -0.2) is 63.3 Å². The Morgan fingerprint density at radius 2 is 0.486 bits per heavy atom. The Balaban J connectivity index is -0.00000512. The van der Waals surface area contributed by atoms with Crippen molar-refractivity contribution in [2.24, 2.45) is 0 Å². The second kappa shape index (κ2) is 27.9. The predicted octanol–water partition coefficient (Wildman–Crippen LogP) is 3.38. The highest BCUT2D eigenvalue weighted by Crippen LogP contribution is 2.14. The zero-order chi connectivity index (χ0) is 24.7. The maximum atomic E-state index is 2.45. The van der Waals surface area contributed by atoms with Crippen molar-refractivity contribution in [2.45, 2.75) is 149 Å². The molecule has 0 amide bonds. The van der Waals surface area contributed by atoms with Gasteiger partial charge < -0.3 is 42.9 Å². The topological polar surface area (TPSA) is 0 Å². The third-order valence-corrected chi connectivity index (χ3v) is 7.76. The Morgan fingerprint density at radius 1 is 0.286 bits per heavy atom. The summed E-state index contributed by atoms with van der Waals surface area (Å²) >= 11 is 0. The van der Waals surface area contributed by atoms with Gasteiger partial charge in [-0.15, -0.1) is 0 Å². The Labute approximate surface area is 245 Å². The minimum absolute atomic E-state index is 0. The van der Waals surface area contributed by atoms with Crippen molar-refractivity contribution in [2.75, 3.05) is 54.4 Å². The van der Waals surface area contributed by atoms with E-state index in [0.29, 0.717) is 0 Å². The lowest BCUT2D eigenvalue weighted by molar-refractivity contribution is -0.909. The summed E-state index contributed by atoms with van der Waals surface area (Å²) in [5.41, 5.74) is 0. The average molecular weight is 629 g/mol. The van der Waals surface area contributed by atoms with Crippen LogP contribution in [0.5, 0.6) is 0 Å². The van der Waals surface area contributed by atoms with Gasteiger partial charge in [0.1, 0.15) is 0 Å². The summed E-state index contributed by atoms with van der Waals surface area (Å²) in [4.78, 5) is 0. The summed E-state index contributed by atoms with van der Waals surface area (Å²) < 4.78 is 2.44. The van der Waals surface area contributed by atoms with Crippen LogP contribution in [0.25, 0.3) is 0 Å². The molecule has 0 atom stereocenters. The van der Waals surface area contributed by atoms with Crippen LogP contribution in [0.2, 0.25) is 0 Å². The summed E-state index contributed by atoms with van der Waals surface area (Å²) in [6.45, 7) is 10.0. The first-order valence-electron chi connectivity index (χ1n) is 15.5. The number of unbranched alkanes of at least 4 members (excludes halogenated alkanes) is 18. The fourth-order valence-corrected chi connectivity index (χ4v) is 5.20. The van der Waals surface area contributed by atoms with E-state index in [9.17, 15) is 0 Å². The molecule has 0 aromatic heterocycles. The van der Waals surface area contributed by atoms with E-state index >= 15 is 0 Å². The van der Waals surface area contributed by atoms with E-state index in [-0.39, 0.29) is 34.0 Å². The van der Waals surface area contributed by atoms with Crippen LogP contribution < -0.4 is 34.0 Å². The van der Waals surface area contributed by atoms with Crippen LogP contribution in [0.4, 0.5) is 0 Å². The Kier molecular flexibility index (Phi) is 32.2. The lowest BCUT2D eigenvalue weighted by Crippen LogP contribution is -3.00. The van der Waals surface area contributed by atoms with Gasteiger partial charge in [-0.25, -0.2) is 0 Å². The van der Waals surface area contributed by atoms with Crippen molar-refractivity contribution in [3.63, 3.8) is 0 Å². The van der Waals surface area contributed by atoms with Gasteiger partial charge in [0.05, 0.1) is 54.4 Å². The molecule has 0 bridgehead atoms. The zero-order valence-electron chi connectivity index (χ0n) is 25.3. The molecule has 0 heterocycles. The molecule has 0 aliphatic heterocycles. The van der Waals surface area contributed by atoms with Crippen molar-refractivity contribution in [3.05, 3.63) is 0 Å². The molecule has 2 nitrogen and oxygen atoms in total. The molecule has 0 radical (unpaired) electrons. The fourth-order valence-electron chi connectivity index (χ4n) is 5.20. The normalized spacial score (nSPS) is 11.8. The largest absolute Gasteiger partial charge is 1.00 e. The molecule has 216 valence electrons. The summed E-state index contributed by atoms with van der Waals surface area (Å²) in [7, 11) is 9.82. The molecule has 0 aliphatic carbocycles. The number of hydrogen-bond donors (Lipinski definition) is 0. The zero-order valence-corrected chi connectivity index (χ0v) is 28.5. The van der Waals surface area contributed by atoms with Gasteiger partial charge in [0.2, 0.25) is 0 Å². The van der Waals surface area contributed by atoms with Crippen molar-refractivity contribution < 1.29 is 42.9 Å². The van der Waals surface area contributed by atoms with Gasteiger partial charge in [0, 0.05) is 6.42 Å². The Bertz CT molecular complexity index is 363. The van der Waals surface area contributed by atoms with Crippen molar-refractivity contribution in [1.29, 1.82) is 0 Å². The standard InChI is InChI=1S/C31H68N2.2BrH/c1-7-9-11-13-15-17-19-21-23-25-28-32(3,4)30-27-31-33(5,6)29-26-24-22-20-18-16-14-12-10-8-2;;/h7-31H2,1-6H3;2*1H/q+2;;/p-2. The van der Waals surface area contributed by atoms with Crippen molar-refractivity contribution in [3.8, 4) is 0 Å². The predicted molar refractivity (Wildman–Crippen MR) is 152 cm³/mol. The molecular weight excluding hydrogens is 560 g/mol. The van der Waals surface area contributed by atoms with Gasteiger partial charge in [-0.3, -0.25) is 0 Å². The first-order valence-corrected chi connectivity index (χ1v) is 15.5. The molecule has 0 spiro atoms. The second-order valence-corrected chi connectivity index (χ2v) is 12.5. The van der Waals surface area contributed by atoms with Crippen LogP contribution in [0.3, 0.4) is 0 Å². The molecule has 0 N–H and O–H groups in total. The summed E-state index contributed by atoms with van der Waals surface area (Å²) in [6, 6.07) is 0. The van der Waals surface area contributed by atoms with E-state index in [2.05, 4.69) is 42.0 Å². The van der Waals surface area contributed by atoms with E-state index in [1.54, 1.807) is 0 Å². The monoisotopic (exact) mass is 626 g/mol. The van der Waals surface area contributed by atoms with Crippen LogP contribution in [-0.2, 0) is 0 Å². The fraction of sp³-hybridized carbons (Fsp3) is 1.00. The van der Waals surface area contributed by atoms with Gasteiger partial charge in [0.15, 0.2) is 0 Å². The summed E-state index contributed by atoms with van der Waals surface area (Å²) in [6.07, 6.45) is 30.2. The second-order valence-electron chi connectivity index (χ2n) is 12.5. The van der Waals surface area contributed by atoms with Crippen LogP contribution in [0.1, 0.15) is 149 Å². The maximum absolute atomic E-state index is 2.45. The van der Waals surface area contributed by atoms with Gasteiger partial charge in [0.25, 0.3) is 0 Å². The molecular formula is C31H68Br2N2. The molecule has 35 heavy (non-hydrogen) atoms. The molecule has 0 saturated carbocycles. The van der Waals surface area contributed by atoms with Gasteiger partial charge in [-0.1, -0.05) is 117 Å². The molecule has 0 aromatic carbocycles. The first-order chi connectivity index (χ1) is 15.8. The highest BCUT2D eigenvalue weighted by molar-refractivity contribution is 4.50. The number of hydrogen-bond acceptors (Lipinski definition) is 0. The Hall–Kier alpha value is 0.880. The molecule has 0 saturated heterocycles. The quantitative estimate of drug-likeness (QED) is 0.102. The minimum Gasteiger partial charge on any atom is -1.00 e. The lowest BCUT2D eigenvalue weighted by Gasteiger charge is -2.33. The molecule has 0 fully saturated rings. The highest BCUT2D eigenvalue weighted by Gasteiger charge is 2.19. The van der Waals surface area contributed by atoms with E-state index in [4.69, 9.17) is 0 Å². The lowest BCUT2D eigenvalue weighted by atomic mass is 10.1. The number of quaternary nitrogens is 2. The molecule has 0 rings (SSSR count). The van der Waals surface area contributed by atoms with Crippen LogP contribution >= 0.6 is 0 Å². The maximum Gasteiger partial charge on any atom is 0.0836 e. The summed E-state index contributed by atoms with van der Waals surface area (Å²) in [5.74, 6) is 0. The summed E-state index contributed by atoms with van der Waals surface area (Å²) in [5, 5.41) is 0. The number of rotatable bonds is 26. The third kappa shape index (κ3) is 31.0. The smallest absolute Gasteiger partial charge is 0.0836 e. The van der Waals surface area contributed by atoms with Crippen LogP contribution in [0, 0.1) is 0 Å². The van der Waals surface area contributed by atoms with Gasteiger partial charge >= 0.3 is 0 Å². The molecule has 0 aromatic rings. The Morgan fingerprint density at radius 3 is 0.743 bits per heavy atom. The molecule has 0 aliphatic rings. The minimum atomic E-state index is 0. The van der Waals surface area contributed by atoms with Gasteiger partial charge in [-0.2, -0.15) is 0 Å². The third-order valence-electron chi connectivity index (χ3n) is 7.76. The molecule has 0 unspecified atom stereocenters. The van der Waals surface area contributed by atoms with E-state index < -0.39 is 0 Å². The average Bonchev–Trinajstić information content (AvgIpc) is 2.76. The molecule has 4 heteroatoms. The first kappa shape index (κ1) is 40.4. The van der Waals surface area contributed by atoms with Gasteiger partial charge in [-0.05, 0) is 25.7 Å². The van der Waals surface area contributed by atoms with E-state index in [1.165, 1.54) is 170 Å². The number of nitrogens with zero attached hydrogens (tertiary/aromatic N) is 2. The number of halogens is 2.